The van der Waals surface area contributed by atoms with Gasteiger partial charge >= 0.3 is 11.9 Å². The van der Waals surface area contributed by atoms with Crippen LogP contribution in [-0.4, -0.2) is 22.7 Å². The maximum atomic E-state index is 11.2. The van der Waals surface area contributed by atoms with Crippen molar-refractivity contribution in [1.29, 1.82) is 0 Å². The molecule has 0 aromatic carbocycles. The summed E-state index contributed by atoms with van der Waals surface area (Å²) in [7, 11) is 0. The van der Waals surface area contributed by atoms with Crippen LogP contribution in [0.2, 0.25) is 0 Å². The number of carbonyl (C=O) groups excluding carboxylic acids is 1. The van der Waals surface area contributed by atoms with E-state index >= 15 is 0 Å². The minimum absolute atomic E-state index is 0.0408. The predicted octanol–water partition coefficient (Wildman–Crippen LogP) is 1.37. The van der Waals surface area contributed by atoms with Crippen molar-refractivity contribution in [3.8, 4) is 0 Å². The van der Waals surface area contributed by atoms with Gasteiger partial charge in [-0.25, -0.2) is 4.79 Å². The molecular weight excluding hydrogens is 184 g/mol. The SMILES string of the molecule is CCOC(=O)c1nc(C2CC2C)no1. The molecule has 0 aliphatic heterocycles. The van der Waals surface area contributed by atoms with Gasteiger partial charge < -0.3 is 9.26 Å². The Kier molecular flexibility index (Phi) is 2.23. The first kappa shape index (κ1) is 9.18. The molecule has 1 aromatic heterocycles. The second-order valence-corrected chi connectivity index (χ2v) is 3.50. The van der Waals surface area contributed by atoms with E-state index in [0.29, 0.717) is 24.3 Å². The van der Waals surface area contributed by atoms with Gasteiger partial charge in [-0.1, -0.05) is 12.1 Å². The van der Waals surface area contributed by atoms with Crippen LogP contribution < -0.4 is 0 Å². The zero-order valence-corrected chi connectivity index (χ0v) is 8.19. The minimum Gasteiger partial charge on any atom is -0.459 e. The molecule has 0 saturated heterocycles. The maximum Gasteiger partial charge on any atom is 0.397 e. The van der Waals surface area contributed by atoms with E-state index in [0.717, 1.165) is 6.42 Å². The van der Waals surface area contributed by atoms with Crippen molar-refractivity contribution in [3.63, 3.8) is 0 Å². The van der Waals surface area contributed by atoms with Gasteiger partial charge in [0.25, 0.3) is 0 Å². The molecule has 1 fully saturated rings. The third-order valence-corrected chi connectivity index (χ3v) is 2.33. The molecule has 0 spiro atoms. The number of esters is 1. The smallest absolute Gasteiger partial charge is 0.397 e. The van der Waals surface area contributed by atoms with Crippen LogP contribution in [0.4, 0.5) is 0 Å². The van der Waals surface area contributed by atoms with Crippen LogP contribution in [0.15, 0.2) is 4.52 Å². The van der Waals surface area contributed by atoms with E-state index < -0.39 is 5.97 Å². The van der Waals surface area contributed by atoms with Crippen LogP contribution in [0.25, 0.3) is 0 Å². The summed E-state index contributed by atoms with van der Waals surface area (Å²) in [5, 5.41) is 3.74. The molecule has 76 valence electrons. The summed E-state index contributed by atoms with van der Waals surface area (Å²) < 4.78 is 9.53. The monoisotopic (exact) mass is 196 g/mol. The Morgan fingerprint density at radius 1 is 1.71 bits per heavy atom. The van der Waals surface area contributed by atoms with Crippen LogP contribution in [-0.2, 0) is 4.74 Å². The zero-order chi connectivity index (χ0) is 10.1. The van der Waals surface area contributed by atoms with Gasteiger partial charge in [0.05, 0.1) is 6.61 Å². The summed E-state index contributed by atoms with van der Waals surface area (Å²) in [6.07, 6.45) is 1.07. The summed E-state index contributed by atoms with van der Waals surface area (Å²) in [6, 6.07) is 0. The quantitative estimate of drug-likeness (QED) is 0.683. The average molecular weight is 196 g/mol. The lowest BCUT2D eigenvalue weighted by molar-refractivity contribution is 0.0470. The van der Waals surface area contributed by atoms with Gasteiger partial charge in [0.2, 0.25) is 0 Å². The average Bonchev–Trinajstić information content (AvgIpc) is 2.70. The summed E-state index contributed by atoms with van der Waals surface area (Å²) in [5.74, 6) is 1.01. The van der Waals surface area contributed by atoms with Gasteiger partial charge in [0.15, 0.2) is 5.82 Å². The number of nitrogens with zero attached hydrogens (tertiary/aromatic N) is 2. The zero-order valence-electron chi connectivity index (χ0n) is 8.19. The summed E-state index contributed by atoms with van der Waals surface area (Å²) in [6.45, 7) is 4.17. The number of hydrogen-bond donors (Lipinski definition) is 0. The molecule has 2 unspecified atom stereocenters. The highest BCUT2D eigenvalue weighted by Crippen LogP contribution is 2.45. The van der Waals surface area contributed by atoms with Crippen LogP contribution in [0.3, 0.4) is 0 Å². The van der Waals surface area contributed by atoms with Crippen molar-refractivity contribution in [2.75, 3.05) is 6.61 Å². The van der Waals surface area contributed by atoms with E-state index in [1.54, 1.807) is 6.92 Å². The fraction of sp³-hybridized carbons (Fsp3) is 0.667. The summed E-state index contributed by atoms with van der Waals surface area (Å²) >= 11 is 0. The first-order valence-electron chi connectivity index (χ1n) is 4.73. The van der Waals surface area contributed by atoms with Crippen molar-refractivity contribution in [3.05, 3.63) is 11.7 Å². The van der Waals surface area contributed by atoms with Crippen LogP contribution in [0.5, 0.6) is 0 Å². The van der Waals surface area contributed by atoms with Crippen LogP contribution in [0.1, 0.15) is 42.7 Å². The molecule has 0 N–H and O–H groups in total. The highest BCUT2D eigenvalue weighted by atomic mass is 16.6. The molecule has 0 bridgehead atoms. The van der Waals surface area contributed by atoms with Crippen molar-refractivity contribution in [1.82, 2.24) is 10.1 Å². The molecule has 14 heavy (non-hydrogen) atoms. The van der Waals surface area contributed by atoms with E-state index in [2.05, 4.69) is 17.1 Å². The first-order chi connectivity index (χ1) is 6.72. The molecule has 2 rings (SSSR count). The largest absolute Gasteiger partial charge is 0.459 e. The normalized spacial score (nSPS) is 24.7. The summed E-state index contributed by atoms with van der Waals surface area (Å²) in [4.78, 5) is 15.2. The van der Waals surface area contributed by atoms with Gasteiger partial charge in [0.1, 0.15) is 0 Å². The lowest BCUT2D eigenvalue weighted by atomic mass is 10.3. The van der Waals surface area contributed by atoms with Gasteiger partial charge in [-0.3, -0.25) is 0 Å². The van der Waals surface area contributed by atoms with Gasteiger partial charge in [-0.15, -0.1) is 0 Å². The van der Waals surface area contributed by atoms with Crippen molar-refractivity contribution in [2.45, 2.75) is 26.2 Å². The Morgan fingerprint density at radius 2 is 2.43 bits per heavy atom. The molecular formula is C9H12N2O3. The number of rotatable bonds is 3. The van der Waals surface area contributed by atoms with Crippen molar-refractivity contribution >= 4 is 5.97 Å². The summed E-state index contributed by atoms with van der Waals surface area (Å²) in [5.41, 5.74) is 0. The number of ether oxygens (including phenoxy) is 1. The second-order valence-electron chi connectivity index (χ2n) is 3.50. The van der Waals surface area contributed by atoms with Crippen molar-refractivity contribution in [2.24, 2.45) is 5.92 Å². The van der Waals surface area contributed by atoms with E-state index in [9.17, 15) is 4.79 Å². The molecule has 1 saturated carbocycles. The number of aromatic nitrogens is 2. The lowest BCUT2D eigenvalue weighted by Gasteiger charge is -1.93. The lowest BCUT2D eigenvalue weighted by Crippen LogP contribution is -2.04. The maximum absolute atomic E-state index is 11.2. The Hall–Kier alpha value is -1.39. The van der Waals surface area contributed by atoms with E-state index in [-0.39, 0.29) is 5.89 Å². The molecule has 1 aliphatic rings. The topological polar surface area (TPSA) is 65.2 Å². The Morgan fingerprint density at radius 3 is 3.00 bits per heavy atom. The van der Waals surface area contributed by atoms with E-state index in [1.807, 2.05) is 0 Å². The van der Waals surface area contributed by atoms with Crippen LogP contribution in [0, 0.1) is 5.92 Å². The molecule has 1 aliphatic carbocycles. The molecule has 0 amide bonds. The molecule has 5 heteroatoms. The fourth-order valence-corrected chi connectivity index (χ4v) is 1.34. The Bertz CT molecular complexity index is 348. The number of carbonyl (C=O) groups is 1. The molecule has 1 aromatic rings. The van der Waals surface area contributed by atoms with Gasteiger partial charge in [-0.2, -0.15) is 4.98 Å². The molecule has 5 nitrogen and oxygen atoms in total. The molecule has 1 heterocycles. The van der Waals surface area contributed by atoms with Gasteiger partial charge in [0, 0.05) is 5.92 Å². The number of hydrogen-bond acceptors (Lipinski definition) is 5. The third kappa shape index (κ3) is 1.62. The second kappa shape index (κ2) is 3.40. The Labute approximate surface area is 81.4 Å². The highest BCUT2D eigenvalue weighted by molar-refractivity contribution is 5.83. The predicted molar refractivity (Wildman–Crippen MR) is 46.8 cm³/mol. The first-order valence-corrected chi connectivity index (χ1v) is 4.73. The minimum atomic E-state index is -0.542. The van der Waals surface area contributed by atoms with E-state index in [4.69, 9.17) is 9.26 Å². The Balaban J connectivity index is 2.06. The highest BCUT2D eigenvalue weighted by Gasteiger charge is 2.38. The van der Waals surface area contributed by atoms with Gasteiger partial charge in [-0.05, 0) is 19.3 Å². The standard InChI is InChI=1S/C9H12N2O3/c1-3-13-9(12)8-10-7(11-14-8)6-4-5(6)2/h5-6H,3-4H2,1-2H3. The van der Waals surface area contributed by atoms with Crippen molar-refractivity contribution < 1.29 is 14.1 Å². The molecule has 2 atom stereocenters. The fourth-order valence-electron chi connectivity index (χ4n) is 1.34. The molecule has 0 radical (unpaired) electrons. The van der Waals surface area contributed by atoms with Crippen LogP contribution >= 0.6 is 0 Å². The van der Waals surface area contributed by atoms with E-state index in [1.165, 1.54) is 0 Å². The third-order valence-electron chi connectivity index (χ3n) is 2.33.